The Kier molecular flexibility index (Phi) is 6.52. The molecule has 124 valence electrons. The molecule has 1 saturated heterocycles. The van der Waals surface area contributed by atoms with Crippen LogP contribution in [-0.2, 0) is 6.42 Å². The van der Waals surface area contributed by atoms with E-state index in [-0.39, 0.29) is 12.0 Å². The smallest absolute Gasteiger partial charge is 0.164 e. The van der Waals surface area contributed by atoms with Crippen LogP contribution in [0.1, 0.15) is 32.3 Å². The summed E-state index contributed by atoms with van der Waals surface area (Å²) in [4.78, 5) is 2.46. The molecule has 1 aromatic rings. The first-order chi connectivity index (χ1) is 10.7. The van der Waals surface area contributed by atoms with E-state index in [1.807, 2.05) is 19.1 Å². The van der Waals surface area contributed by atoms with Gasteiger partial charge in [-0.3, -0.25) is 0 Å². The second-order valence-corrected chi connectivity index (χ2v) is 6.00. The van der Waals surface area contributed by atoms with Crippen molar-refractivity contribution in [1.82, 2.24) is 4.90 Å². The fourth-order valence-corrected chi connectivity index (χ4v) is 3.29. The lowest BCUT2D eigenvalue weighted by Crippen LogP contribution is -2.44. The molecule has 4 nitrogen and oxygen atoms in total. The number of hydrogen-bond donors (Lipinski definition) is 1. The topological polar surface area (TPSA) is 41.9 Å². The molecule has 0 aliphatic carbocycles. The van der Waals surface area contributed by atoms with Gasteiger partial charge in [-0.05, 0) is 44.4 Å². The van der Waals surface area contributed by atoms with Gasteiger partial charge in [-0.25, -0.2) is 0 Å². The number of nitrogens with zero attached hydrogens (tertiary/aromatic N) is 1. The molecule has 0 amide bonds. The Labute approximate surface area is 134 Å². The van der Waals surface area contributed by atoms with E-state index in [2.05, 4.69) is 17.9 Å². The summed E-state index contributed by atoms with van der Waals surface area (Å²) < 4.78 is 11.2. The number of hydrogen-bond acceptors (Lipinski definition) is 4. The zero-order valence-corrected chi connectivity index (χ0v) is 14.0. The Bertz CT molecular complexity index is 464. The first kappa shape index (κ1) is 17.1. The predicted molar refractivity (Wildman–Crippen MR) is 88.7 cm³/mol. The quantitative estimate of drug-likeness (QED) is 0.841. The zero-order valence-electron chi connectivity index (χ0n) is 14.0. The average Bonchev–Trinajstić information content (AvgIpc) is 2.52. The van der Waals surface area contributed by atoms with Gasteiger partial charge in [0.15, 0.2) is 11.5 Å². The van der Waals surface area contributed by atoms with Gasteiger partial charge in [0.25, 0.3) is 0 Å². The van der Waals surface area contributed by atoms with Gasteiger partial charge in [0.1, 0.15) is 0 Å². The zero-order chi connectivity index (χ0) is 15.9. The molecule has 4 heteroatoms. The van der Waals surface area contributed by atoms with Crippen molar-refractivity contribution in [3.63, 3.8) is 0 Å². The van der Waals surface area contributed by atoms with Crippen LogP contribution in [0.5, 0.6) is 11.5 Å². The standard InChI is InChI=1S/C18H29NO3/c1-4-10-19-11-9-16(20)15(13-19)12-14-7-6-8-17(21-3)18(14)22-5-2/h6-8,15-16,20H,4-5,9-13H2,1-3H3. The number of likely N-dealkylation sites (tertiary alicyclic amines) is 1. The number of ether oxygens (including phenoxy) is 2. The summed E-state index contributed by atoms with van der Waals surface area (Å²) in [7, 11) is 1.67. The third-order valence-electron chi connectivity index (χ3n) is 4.37. The van der Waals surface area contributed by atoms with Crippen molar-refractivity contribution in [2.45, 2.75) is 39.2 Å². The maximum atomic E-state index is 10.4. The van der Waals surface area contributed by atoms with Crippen LogP contribution < -0.4 is 9.47 Å². The Morgan fingerprint density at radius 3 is 2.82 bits per heavy atom. The molecule has 1 aliphatic rings. The largest absolute Gasteiger partial charge is 0.493 e. The average molecular weight is 307 g/mol. The summed E-state index contributed by atoms with van der Waals surface area (Å²) in [6.07, 6.45) is 2.62. The lowest BCUT2D eigenvalue weighted by atomic mass is 9.88. The number of para-hydroxylation sites is 1. The van der Waals surface area contributed by atoms with Crippen LogP contribution in [0.3, 0.4) is 0 Å². The van der Waals surface area contributed by atoms with E-state index in [0.29, 0.717) is 6.61 Å². The Balaban J connectivity index is 2.14. The molecular weight excluding hydrogens is 278 g/mol. The van der Waals surface area contributed by atoms with E-state index < -0.39 is 0 Å². The third-order valence-corrected chi connectivity index (χ3v) is 4.37. The molecule has 1 heterocycles. The van der Waals surface area contributed by atoms with Crippen LogP contribution in [0.15, 0.2) is 18.2 Å². The van der Waals surface area contributed by atoms with Crippen molar-refractivity contribution in [2.75, 3.05) is 33.4 Å². The predicted octanol–water partition coefficient (Wildman–Crippen LogP) is 2.73. The molecule has 0 bridgehead atoms. The van der Waals surface area contributed by atoms with Gasteiger partial charge in [0, 0.05) is 19.0 Å². The van der Waals surface area contributed by atoms with Crippen LogP contribution >= 0.6 is 0 Å². The van der Waals surface area contributed by atoms with Crippen molar-refractivity contribution >= 4 is 0 Å². The molecule has 0 radical (unpaired) electrons. The Morgan fingerprint density at radius 1 is 1.32 bits per heavy atom. The first-order valence-corrected chi connectivity index (χ1v) is 8.38. The van der Waals surface area contributed by atoms with Crippen LogP contribution in [-0.4, -0.2) is 49.5 Å². The SMILES string of the molecule is CCCN1CCC(O)C(Cc2cccc(OC)c2OCC)C1. The van der Waals surface area contributed by atoms with Crippen LogP contribution in [0.4, 0.5) is 0 Å². The van der Waals surface area contributed by atoms with Gasteiger partial charge < -0.3 is 19.5 Å². The fourth-order valence-electron chi connectivity index (χ4n) is 3.29. The highest BCUT2D eigenvalue weighted by Crippen LogP contribution is 2.34. The minimum absolute atomic E-state index is 0.228. The molecular formula is C18H29NO3. The molecule has 1 aromatic carbocycles. The molecule has 2 rings (SSSR count). The van der Waals surface area contributed by atoms with Gasteiger partial charge in [0.05, 0.1) is 19.8 Å². The number of piperidine rings is 1. The van der Waals surface area contributed by atoms with Crippen LogP contribution in [0.25, 0.3) is 0 Å². The molecule has 0 aromatic heterocycles. The first-order valence-electron chi connectivity index (χ1n) is 8.38. The minimum Gasteiger partial charge on any atom is -0.493 e. The van der Waals surface area contributed by atoms with Gasteiger partial charge in [-0.1, -0.05) is 19.1 Å². The minimum atomic E-state index is -0.228. The number of aliphatic hydroxyl groups is 1. The van der Waals surface area contributed by atoms with E-state index in [9.17, 15) is 5.11 Å². The molecule has 0 saturated carbocycles. The molecule has 22 heavy (non-hydrogen) atoms. The number of benzene rings is 1. The van der Waals surface area contributed by atoms with E-state index >= 15 is 0 Å². The van der Waals surface area contributed by atoms with Crippen LogP contribution in [0, 0.1) is 5.92 Å². The number of methoxy groups -OCH3 is 1. The molecule has 0 spiro atoms. The Morgan fingerprint density at radius 2 is 2.14 bits per heavy atom. The second-order valence-electron chi connectivity index (χ2n) is 6.00. The highest BCUT2D eigenvalue weighted by atomic mass is 16.5. The monoisotopic (exact) mass is 307 g/mol. The maximum Gasteiger partial charge on any atom is 0.164 e. The van der Waals surface area contributed by atoms with E-state index in [4.69, 9.17) is 9.47 Å². The van der Waals surface area contributed by atoms with Gasteiger partial charge in [-0.2, -0.15) is 0 Å². The molecule has 1 fully saturated rings. The number of aliphatic hydroxyl groups excluding tert-OH is 1. The van der Waals surface area contributed by atoms with E-state index in [1.54, 1.807) is 7.11 Å². The fraction of sp³-hybridized carbons (Fsp3) is 0.667. The molecule has 2 unspecified atom stereocenters. The van der Waals surface area contributed by atoms with Gasteiger partial charge >= 0.3 is 0 Å². The van der Waals surface area contributed by atoms with Crippen molar-refractivity contribution in [3.8, 4) is 11.5 Å². The molecule has 2 atom stereocenters. The lowest BCUT2D eigenvalue weighted by molar-refractivity contribution is 0.0267. The van der Waals surface area contributed by atoms with E-state index in [1.165, 1.54) is 0 Å². The summed E-state index contributed by atoms with van der Waals surface area (Å²) in [6.45, 7) is 7.87. The van der Waals surface area contributed by atoms with Crippen molar-refractivity contribution in [2.24, 2.45) is 5.92 Å². The normalized spacial score (nSPS) is 22.5. The van der Waals surface area contributed by atoms with Crippen molar-refractivity contribution in [1.29, 1.82) is 0 Å². The summed E-state index contributed by atoms with van der Waals surface area (Å²) >= 11 is 0. The molecule has 1 N–H and O–H groups in total. The summed E-state index contributed by atoms with van der Waals surface area (Å²) in [5.41, 5.74) is 1.13. The second kappa shape index (κ2) is 8.39. The summed E-state index contributed by atoms with van der Waals surface area (Å²) in [5.74, 6) is 1.86. The van der Waals surface area contributed by atoms with Crippen LogP contribution in [0.2, 0.25) is 0 Å². The third kappa shape index (κ3) is 4.14. The lowest BCUT2D eigenvalue weighted by Gasteiger charge is -2.36. The summed E-state index contributed by atoms with van der Waals surface area (Å²) in [5, 5.41) is 10.4. The number of rotatable bonds is 7. The Hall–Kier alpha value is -1.26. The van der Waals surface area contributed by atoms with Gasteiger partial charge in [0.2, 0.25) is 0 Å². The van der Waals surface area contributed by atoms with Crippen molar-refractivity contribution < 1.29 is 14.6 Å². The summed E-state index contributed by atoms with van der Waals surface area (Å²) in [6, 6.07) is 6.00. The van der Waals surface area contributed by atoms with E-state index in [0.717, 1.165) is 56.0 Å². The molecule has 1 aliphatic heterocycles. The highest BCUT2D eigenvalue weighted by molar-refractivity contribution is 5.47. The van der Waals surface area contributed by atoms with Gasteiger partial charge in [-0.15, -0.1) is 0 Å². The maximum absolute atomic E-state index is 10.4. The highest BCUT2D eigenvalue weighted by Gasteiger charge is 2.28. The van der Waals surface area contributed by atoms with Crippen molar-refractivity contribution in [3.05, 3.63) is 23.8 Å².